The van der Waals surface area contributed by atoms with Gasteiger partial charge in [-0.2, -0.15) is 0 Å². The third-order valence-corrected chi connectivity index (χ3v) is 8.97. The molecule has 1 unspecified atom stereocenters. The van der Waals surface area contributed by atoms with Gasteiger partial charge in [0.25, 0.3) is 0 Å². The maximum absolute atomic E-state index is 13.5. The van der Waals surface area contributed by atoms with Crippen LogP contribution < -0.4 is 10.6 Å². The van der Waals surface area contributed by atoms with E-state index in [0.717, 1.165) is 34.5 Å². The summed E-state index contributed by atoms with van der Waals surface area (Å²) < 4.78 is 1.11. The number of fused-ring (bicyclic) bond motifs is 1. The van der Waals surface area contributed by atoms with Gasteiger partial charge in [0.15, 0.2) is 5.78 Å². The molecule has 1 fully saturated rings. The summed E-state index contributed by atoms with van der Waals surface area (Å²) in [6.07, 6.45) is 14.0. The number of carbonyl (C=O) groups is 3. The van der Waals surface area contributed by atoms with Gasteiger partial charge in [0.1, 0.15) is 0 Å². The molecule has 0 bridgehead atoms. The highest BCUT2D eigenvalue weighted by Gasteiger charge is 2.23. The van der Waals surface area contributed by atoms with Gasteiger partial charge < -0.3 is 15.5 Å². The lowest BCUT2D eigenvalue weighted by atomic mass is 9.82. The summed E-state index contributed by atoms with van der Waals surface area (Å²) in [5.74, 6) is 0.526. The molecule has 2 atom stereocenters. The van der Waals surface area contributed by atoms with Crippen molar-refractivity contribution in [2.45, 2.75) is 90.5 Å². The van der Waals surface area contributed by atoms with E-state index in [2.05, 4.69) is 42.3 Å². The Balaban J connectivity index is 1.68. The van der Waals surface area contributed by atoms with Crippen LogP contribution in [0.1, 0.15) is 82.2 Å². The first-order valence-electron chi connectivity index (χ1n) is 15.7. The zero-order valence-corrected chi connectivity index (χ0v) is 26.9. The molecule has 1 saturated carbocycles. The van der Waals surface area contributed by atoms with Crippen LogP contribution in [0.25, 0.3) is 10.2 Å². The molecule has 2 N–H and O–H groups in total. The number of ketones is 1. The number of amides is 2. The summed E-state index contributed by atoms with van der Waals surface area (Å²) in [6, 6.07) is 5.66. The molecule has 0 spiro atoms. The number of rotatable bonds is 17. The predicted molar refractivity (Wildman–Crippen MR) is 174 cm³/mol. The van der Waals surface area contributed by atoms with Crippen molar-refractivity contribution >= 4 is 39.2 Å². The van der Waals surface area contributed by atoms with Crippen LogP contribution in [0.2, 0.25) is 0 Å². The van der Waals surface area contributed by atoms with Crippen LogP contribution in [0.15, 0.2) is 42.5 Å². The molecule has 0 saturated heterocycles. The van der Waals surface area contributed by atoms with Gasteiger partial charge in [0.05, 0.1) is 21.3 Å². The van der Waals surface area contributed by atoms with E-state index in [1.165, 1.54) is 37.7 Å². The molecule has 7 nitrogen and oxygen atoms in total. The van der Waals surface area contributed by atoms with Crippen LogP contribution in [-0.4, -0.2) is 60.7 Å². The molecule has 230 valence electrons. The second kappa shape index (κ2) is 17.3. The zero-order valence-electron chi connectivity index (χ0n) is 26.0. The van der Waals surface area contributed by atoms with E-state index >= 15 is 0 Å². The molecule has 1 aromatic heterocycles. The monoisotopic (exact) mass is 594 g/mol. The number of nitrogens with one attached hydrogen (secondary N) is 2. The average molecular weight is 595 g/mol. The van der Waals surface area contributed by atoms with Crippen molar-refractivity contribution < 1.29 is 14.4 Å². The second-order valence-electron chi connectivity index (χ2n) is 12.0. The highest BCUT2D eigenvalue weighted by molar-refractivity contribution is 7.18. The molecule has 1 heterocycles. The Morgan fingerprint density at radius 1 is 1.17 bits per heavy atom. The minimum absolute atomic E-state index is 0.0241. The summed E-state index contributed by atoms with van der Waals surface area (Å²) in [7, 11) is 3.84. The molecule has 8 heteroatoms. The largest absolute Gasteiger partial charge is 0.352 e. The number of benzene rings is 1. The van der Waals surface area contributed by atoms with E-state index in [9.17, 15) is 14.4 Å². The first-order valence-corrected chi connectivity index (χ1v) is 16.5. The van der Waals surface area contributed by atoms with Gasteiger partial charge in [-0.25, -0.2) is 4.98 Å². The van der Waals surface area contributed by atoms with Gasteiger partial charge in [-0.05, 0) is 62.9 Å². The summed E-state index contributed by atoms with van der Waals surface area (Å²) in [5.41, 5.74) is 2.73. The molecule has 0 aliphatic heterocycles. The molecule has 3 rings (SSSR count). The Labute approximate surface area is 256 Å². The topological polar surface area (TPSA) is 91.4 Å². The highest BCUT2D eigenvalue weighted by atomic mass is 32.1. The van der Waals surface area contributed by atoms with E-state index in [-0.39, 0.29) is 29.9 Å². The van der Waals surface area contributed by atoms with Gasteiger partial charge in [0.2, 0.25) is 11.8 Å². The molecule has 42 heavy (non-hydrogen) atoms. The van der Waals surface area contributed by atoms with E-state index in [1.807, 2.05) is 38.1 Å². The molecular weight excluding hydrogens is 544 g/mol. The summed E-state index contributed by atoms with van der Waals surface area (Å²) in [4.78, 5) is 45.3. The first kappa shape index (κ1) is 33.7. The smallest absolute Gasteiger partial charge is 0.247 e. The van der Waals surface area contributed by atoms with E-state index < -0.39 is 6.04 Å². The number of thiazole rings is 1. The molecule has 1 aliphatic rings. The van der Waals surface area contributed by atoms with Crippen molar-refractivity contribution in [3.63, 3.8) is 0 Å². The van der Waals surface area contributed by atoms with Crippen molar-refractivity contribution in [1.29, 1.82) is 0 Å². The molecule has 1 aliphatic carbocycles. The van der Waals surface area contributed by atoms with Crippen LogP contribution in [0.4, 0.5) is 0 Å². The minimum Gasteiger partial charge on any atom is -0.352 e. The van der Waals surface area contributed by atoms with Crippen molar-refractivity contribution in [3.05, 3.63) is 53.1 Å². The Kier molecular flexibility index (Phi) is 13.9. The van der Waals surface area contributed by atoms with Gasteiger partial charge in [-0.15, -0.1) is 11.3 Å². The maximum atomic E-state index is 13.5. The van der Waals surface area contributed by atoms with E-state index in [4.69, 9.17) is 4.98 Å². The number of aromatic nitrogens is 1. The zero-order chi connectivity index (χ0) is 30.5. The molecule has 1 aromatic carbocycles. The quantitative estimate of drug-likeness (QED) is 0.173. The van der Waals surface area contributed by atoms with Crippen LogP contribution in [0.5, 0.6) is 0 Å². The Hall–Kier alpha value is -2.84. The lowest BCUT2D eigenvalue weighted by Crippen LogP contribution is -2.42. The Bertz CT molecular complexity index is 1230. The van der Waals surface area contributed by atoms with Gasteiger partial charge >= 0.3 is 0 Å². The van der Waals surface area contributed by atoms with Crippen LogP contribution >= 0.6 is 11.3 Å². The van der Waals surface area contributed by atoms with Crippen LogP contribution in [0.3, 0.4) is 0 Å². The number of nitrogens with zero attached hydrogens (tertiary/aromatic N) is 2. The van der Waals surface area contributed by atoms with Gasteiger partial charge in [-0.1, -0.05) is 70.7 Å². The minimum atomic E-state index is -0.620. The number of likely N-dealkylation sites (N-methyl/N-ethyl adjacent to an activating group) is 1. The lowest BCUT2D eigenvalue weighted by Gasteiger charge is -2.25. The number of hydrogen-bond donors (Lipinski definition) is 2. The number of allylic oxidation sites excluding steroid dienone is 1. The average Bonchev–Trinajstić information content (AvgIpc) is 3.37. The summed E-state index contributed by atoms with van der Waals surface area (Å²) in [6.45, 7) is 9.06. The van der Waals surface area contributed by atoms with Crippen LogP contribution in [0, 0.1) is 11.8 Å². The number of carbonyl (C=O) groups excluding carboxylic acids is 3. The number of aryl methyl sites for hydroxylation is 1. The van der Waals surface area contributed by atoms with Gasteiger partial charge in [0, 0.05) is 37.9 Å². The summed E-state index contributed by atoms with van der Waals surface area (Å²) in [5, 5.41) is 6.90. The number of Topliss-reactive ketones (excluding diaryl/α,β-unsaturated/α-hetero) is 1. The molecule has 0 radical (unpaired) electrons. The van der Waals surface area contributed by atoms with Gasteiger partial charge in [-0.3, -0.25) is 14.4 Å². The predicted octanol–water partition coefficient (Wildman–Crippen LogP) is 6.02. The highest BCUT2D eigenvalue weighted by Crippen LogP contribution is 2.30. The number of hydrogen-bond acceptors (Lipinski definition) is 6. The third kappa shape index (κ3) is 11.1. The fraction of sp³-hybridized carbons (Fsp3) is 0.588. The van der Waals surface area contributed by atoms with Crippen molar-refractivity contribution in [2.75, 3.05) is 27.2 Å². The third-order valence-electron chi connectivity index (χ3n) is 7.93. The maximum Gasteiger partial charge on any atom is 0.247 e. The summed E-state index contributed by atoms with van der Waals surface area (Å²) >= 11 is 1.59. The molecule has 2 amide bonds. The second-order valence-corrected chi connectivity index (χ2v) is 13.1. The normalized spacial score (nSPS) is 15.6. The Morgan fingerprint density at radius 3 is 2.62 bits per heavy atom. The van der Waals surface area contributed by atoms with E-state index in [0.29, 0.717) is 37.4 Å². The van der Waals surface area contributed by atoms with E-state index in [1.54, 1.807) is 11.3 Å². The fourth-order valence-corrected chi connectivity index (χ4v) is 6.72. The molecular formula is C34H50N4O3S. The van der Waals surface area contributed by atoms with Crippen molar-refractivity contribution in [2.24, 2.45) is 11.8 Å². The lowest BCUT2D eigenvalue weighted by molar-refractivity contribution is -0.127. The van der Waals surface area contributed by atoms with Crippen LogP contribution in [-0.2, 0) is 27.2 Å². The SMILES string of the molecule is C=C(CN(C)C)C(=O)NCC(/C=C/CC(=O)[C@H](Cc1nc2ccc(CC)cc2s1)NC(=O)CCC)CC1CCCCC1. The standard InChI is InChI=1S/C34H50N4O3S/c1-6-12-32(40)36-29(21-33-37-28-18-17-25(7-2)20-31(28)42-33)30(39)16-11-15-27(19-26-13-9-8-10-14-26)22-35-34(41)24(3)23-38(4)5/h11,15,17-18,20,26-27,29H,3,6-10,12-14,16,19,21-23H2,1-2,4-5H3,(H,35,41)(H,36,40)/b15-11+/t27?,29-/m0/s1. The van der Waals surface area contributed by atoms with Crippen molar-refractivity contribution in [3.8, 4) is 0 Å². The first-order chi connectivity index (χ1) is 20.2. The van der Waals surface area contributed by atoms with Crippen molar-refractivity contribution in [1.82, 2.24) is 20.5 Å². The Morgan fingerprint density at radius 2 is 1.93 bits per heavy atom. The fourth-order valence-electron chi connectivity index (χ4n) is 5.64. The molecule has 2 aromatic rings.